The lowest BCUT2D eigenvalue weighted by atomic mass is 10.2. The van der Waals surface area contributed by atoms with Crippen LogP contribution in [0, 0.1) is 0 Å². The smallest absolute Gasteiger partial charge is 0.238 e. The van der Waals surface area contributed by atoms with Crippen molar-refractivity contribution < 1.29 is 8.42 Å². The van der Waals surface area contributed by atoms with Crippen molar-refractivity contribution in [1.29, 1.82) is 0 Å². The average Bonchev–Trinajstić information content (AvgIpc) is 2.47. The van der Waals surface area contributed by atoms with E-state index in [0.29, 0.717) is 6.54 Å². The molecule has 0 saturated carbocycles. The third-order valence-corrected chi connectivity index (χ3v) is 4.74. The zero-order chi connectivity index (χ0) is 15.3. The fourth-order valence-corrected chi connectivity index (χ4v) is 2.82. The standard InChI is InChI=1S/C15H18N2O2S2/c1-20-14-6-2-12(3-7-14)10-17-11-13-4-8-15(9-5-13)21(16,18)19/h2-9,17H,10-11H2,1H3,(H2,16,18,19). The van der Waals surface area contributed by atoms with Gasteiger partial charge in [0.1, 0.15) is 0 Å². The van der Waals surface area contributed by atoms with Crippen molar-refractivity contribution in [2.75, 3.05) is 6.26 Å². The molecule has 0 amide bonds. The minimum Gasteiger partial charge on any atom is -0.309 e. The summed E-state index contributed by atoms with van der Waals surface area (Å²) < 4.78 is 22.3. The van der Waals surface area contributed by atoms with Gasteiger partial charge < -0.3 is 5.32 Å². The maximum atomic E-state index is 11.2. The van der Waals surface area contributed by atoms with Crippen molar-refractivity contribution in [3.8, 4) is 0 Å². The summed E-state index contributed by atoms with van der Waals surface area (Å²) in [7, 11) is -3.61. The summed E-state index contributed by atoms with van der Waals surface area (Å²) in [5.41, 5.74) is 2.23. The highest BCUT2D eigenvalue weighted by Gasteiger charge is 2.06. The number of hydrogen-bond acceptors (Lipinski definition) is 4. The quantitative estimate of drug-likeness (QED) is 0.801. The van der Waals surface area contributed by atoms with Crippen molar-refractivity contribution in [2.45, 2.75) is 22.9 Å². The molecule has 0 unspecified atom stereocenters. The average molecular weight is 322 g/mol. The number of hydrogen-bond donors (Lipinski definition) is 2. The first kappa shape index (κ1) is 16.0. The molecule has 21 heavy (non-hydrogen) atoms. The van der Waals surface area contributed by atoms with Gasteiger partial charge in [0.15, 0.2) is 0 Å². The molecule has 3 N–H and O–H groups in total. The third kappa shape index (κ3) is 4.86. The second kappa shape index (κ2) is 7.09. The molecule has 112 valence electrons. The van der Waals surface area contributed by atoms with Gasteiger partial charge in [-0.3, -0.25) is 0 Å². The Morgan fingerprint density at radius 1 is 0.952 bits per heavy atom. The Morgan fingerprint density at radius 3 is 1.86 bits per heavy atom. The zero-order valence-electron chi connectivity index (χ0n) is 11.7. The van der Waals surface area contributed by atoms with Gasteiger partial charge in [0.05, 0.1) is 4.90 Å². The minimum absolute atomic E-state index is 0.138. The summed E-state index contributed by atoms with van der Waals surface area (Å²) in [6.45, 7) is 1.45. The second-order valence-electron chi connectivity index (χ2n) is 4.64. The van der Waals surface area contributed by atoms with Crippen LogP contribution in [0.1, 0.15) is 11.1 Å². The first-order chi connectivity index (χ1) is 9.99. The molecule has 4 nitrogen and oxygen atoms in total. The van der Waals surface area contributed by atoms with Crippen molar-refractivity contribution in [2.24, 2.45) is 5.14 Å². The molecule has 6 heteroatoms. The summed E-state index contributed by atoms with van der Waals surface area (Å²) in [6, 6.07) is 15.0. The Kier molecular flexibility index (Phi) is 5.41. The number of nitrogens with two attached hydrogens (primary N) is 1. The topological polar surface area (TPSA) is 72.2 Å². The van der Waals surface area contributed by atoms with E-state index in [1.807, 2.05) is 0 Å². The van der Waals surface area contributed by atoms with Crippen molar-refractivity contribution in [3.63, 3.8) is 0 Å². The predicted octanol–water partition coefficient (Wildman–Crippen LogP) is 2.35. The Hall–Kier alpha value is -1.34. The lowest BCUT2D eigenvalue weighted by Gasteiger charge is -2.06. The maximum Gasteiger partial charge on any atom is 0.238 e. The van der Waals surface area contributed by atoms with Gasteiger partial charge in [-0.05, 0) is 41.6 Å². The van der Waals surface area contributed by atoms with Crippen LogP contribution in [0.3, 0.4) is 0 Å². The van der Waals surface area contributed by atoms with Crippen LogP contribution in [0.15, 0.2) is 58.3 Å². The number of sulfonamides is 1. The normalized spacial score (nSPS) is 11.5. The Labute approximate surface area is 129 Å². The number of nitrogens with one attached hydrogen (secondary N) is 1. The fraction of sp³-hybridized carbons (Fsp3) is 0.200. The van der Waals surface area contributed by atoms with Gasteiger partial charge in [0.25, 0.3) is 0 Å². The summed E-state index contributed by atoms with van der Waals surface area (Å²) in [5.74, 6) is 0. The molecular formula is C15H18N2O2S2. The summed E-state index contributed by atoms with van der Waals surface area (Å²) in [6.07, 6.45) is 2.05. The minimum atomic E-state index is -3.61. The first-order valence-electron chi connectivity index (χ1n) is 6.44. The number of thioether (sulfide) groups is 1. The van der Waals surface area contributed by atoms with E-state index in [9.17, 15) is 8.42 Å². The van der Waals surface area contributed by atoms with E-state index in [4.69, 9.17) is 5.14 Å². The molecule has 0 atom stereocenters. The molecule has 0 aliphatic carbocycles. The van der Waals surface area contributed by atoms with Gasteiger partial charge in [0.2, 0.25) is 10.0 Å². The molecule has 0 aliphatic rings. The molecule has 0 saturated heterocycles. The van der Waals surface area contributed by atoms with E-state index >= 15 is 0 Å². The van der Waals surface area contributed by atoms with E-state index in [0.717, 1.165) is 12.1 Å². The number of primary sulfonamides is 1. The molecule has 0 spiro atoms. The molecule has 0 radical (unpaired) electrons. The number of benzene rings is 2. The zero-order valence-corrected chi connectivity index (χ0v) is 13.4. The second-order valence-corrected chi connectivity index (χ2v) is 7.08. The van der Waals surface area contributed by atoms with E-state index in [-0.39, 0.29) is 4.90 Å². The monoisotopic (exact) mass is 322 g/mol. The largest absolute Gasteiger partial charge is 0.309 e. The molecule has 2 aromatic rings. The molecule has 0 aliphatic heterocycles. The Bertz CT molecular complexity index is 681. The van der Waals surface area contributed by atoms with Gasteiger partial charge in [-0.2, -0.15) is 0 Å². The molecule has 2 rings (SSSR count). The highest BCUT2D eigenvalue weighted by atomic mass is 32.2. The molecule has 0 heterocycles. The first-order valence-corrected chi connectivity index (χ1v) is 9.21. The van der Waals surface area contributed by atoms with Crippen LogP contribution >= 0.6 is 11.8 Å². The molecule has 0 aromatic heterocycles. The van der Waals surface area contributed by atoms with Gasteiger partial charge in [-0.1, -0.05) is 24.3 Å². The SMILES string of the molecule is CSc1ccc(CNCc2ccc(S(N)(=O)=O)cc2)cc1. The van der Waals surface area contributed by atoms with Gasteiger partial charge >= 0.3 is 0 Å². The highest BCUT2D eigenvalue weighted by molar-refractivity contribution is 7.98. The van der Waals surface area contributed by atoms with Crippen LogP contribution in [0.25, 0.3) is 0 Å². The van der Waals surface area contributed by atoms with Gasteiger partial charge in [-0.15, -0.1) is 11.8 Å². The van der Waals surface area contributed by atoms with E-state index in [2.05, 4.69) is 35.8 Å². The van der Waals surface area contributed by atoms with Crippen LogP contribution in [-0.2, 0) is 23.1 Å². The lowest BCUT2D eigenvalue weighted by molar-refractivity contribution is 0.597. The lowest BCUT2D eigenvalue weighted by Crippen LogP contribution is -2.14. The Balaban J connectivity index is 1.88. The number of rotatable bonds is 6. The van der Waals surface area contributed by atoms with Crippen LogP contribution in [0.2, 0.25) is 0 Å². The van der Waals surface area contributed by atoms with Crippen LogP contribution in [-0.4, -0.2) is 14.7 Å². The molecule has 0 bridgehead atoms. The van der Waals surface area contributed by atoms with Crippen molar-refractivity contribution >= 4 is 21.8 Å². The summed E-state index contributed by atoms with van der Waals surface area (Å²) in [5, 5.41) is 8.39. The Morgan fingerprint density at radius 2 is 1.43 bits per heavy atom. The summed E-state index contributed by atoms with van der Waals surface area (Å²) >= 11 is 1.72. The van der Waals surface area contributed by atoms with E-state index in [1.165, 1.54) is 22.6 Å². The van der Waals surface area contributed by atoms with Gasteiger partial charge in [0, 0.05) is 18.0 Å². The molecular weight excluding hydrogens is 304 g/mol. The van der Waals surface area contributed by atoms with Gasteiger partial charge in [-0.25, -0.2) is 13.6 Å². The van der Waals surface area contributed by atoms with Crippen molar-refractivity contribution in [3.05, 3.63) is 59.7 Å². The predicted molar refractivity (Wildman–Crippen MR) is 86.6 cm³/mol. The van der Waals surface area contributed by atoms with Crippen molar-refractivity contribution in [1.82, 2.24) is 5.32 Å². The van der Waals surface area contributed by atoms with Crippen LogP contribution < -0.4 is 10.5 Å². The van der Waals surface area contributed by atoms with Crippen LogP contribution in [0.4, 0.5) is 0 Å². The van der Waals surface area contributed by atoms with E-state index in [1.54, 1.807) is 23.9 Å². The van der Waals surface area contributed by atoms with Crippen LogP contribution in [0.5, 0.6) is 0 Å². The molecule has 2 aromatic carbocycles. The third-order valence-electron chi connectivity index (χ3n) is 3.07. The highest BCUT2D eigenvalue weighted by Crippen LogP contribution is 2.15. The molecule has 0 fully saturated rings. The maximum absolute atomic E-state index is 11.2. The van der Waals surface area contributed by atoms with E-state index < -0.39 is 10.0 Å². The summed E-state index contributed by atoms with van der Waals surface area (Å²) in [4.78, 5) is 1.39. The fourth-order valence-electron chi connectivity index (χ4n) is 1.89.